The minimum absolute atomic E-state index is 0.169. The molecule has 1 fully saturated rings. The summed E-state index contributed by atoms with van der Waals surface area (Å²) >= 11 is 0. The van der Waals surface area contributed by atoms with Crippen LogP contribution in [-0.4, -0.2) is 65.0 Å². The zero-order chi connectivity index (χ0) is 20.3. The largest absolute Gasteiger partial charge is 0.387 e. The molecule has 1 saturated heterocycles. The number of rotatable bonds is 9. The number of nitrogen functional groups attached to an aromatic ring is 1. The quantitative estimate of drug-likeness (QED) is 0.440. The Balaban J connectivity index is 1.68. The van der Waals surface area contributed by atoms with E-state index >= 15 is 0 Å². The summed E-state index contributed by atoms with van der Waals surface area (Å²) in [5.41, 5.74) is 6.40. The van der Waals surface area contributed by atoms with E-state index in [2.05, 4.69) is 21.9 Å². The number of Topliss-reactive ketones (excluding diaryl/α,β-unsaturated/α-hetero) is 1. The third kappa shape index (κ3) is 4.00. The molecule has 0 spiro atoms. The van der Waals surface area contributed by atoms with Crippen molar-refractivity contribution in [2.24, 2.45) is 0 Å². The second-order valence-electron chi connectivity index (χ2n) is 7.13. The van der Waals surface area contributed by atoms with Crippen molar-refractivity contribution in [3.63, 3.8) is 0 Å². The Kier molecular flexibility index (Phi) is 6.55. The molecule has 0 radical (unpaired) electrons. The van der Waals surface area contributed by atoms with E-state index in [0.717, 1.165) is 25.7 Å². The fourth-order valence-corrected chi connectivity index (χ4v) is 3.45. The predicted octanol–water partition coefficient (Wildman–Crippen LogP) is 0.318. The summed E-state index contributed by atoms with van der Waals surface area (Å²) in [6.45, 7) is 2.11. The fourth-order valence-electron chi connectivity index (χ4n) is 3.45. The highest BCUT2D eigenvalue weighted by Gasteiger charge is 2.48. The average molecular weight is 393 g/mol. The zero-order valence-electron chi connectivity index (χ0n) is 15.8. The van der Waals surface area contributed by atoms with Gasteiger partial charge in [0, 0.05) is 0 Å². The maximum atomic E-state index is 12.5. The highest BCUT2D eigenvalue weighted by molar-refractivity contribution is 5.88. The number of ether oxygens (including phenoxy) is 1. The molecule has 10 heteroatoms. The van der Waals surface area contributed by atoms with Crippen molar-refractivity contribution < 1.29 is 24.9 Å². The second kappa shape index (κ2) is 8.91. The predicted molar refractivity (Wildman–Crippen MR) is 100 cm³/mol. The maximum Gasteiger partial charge on any atom is 0.192 e. The summed E-state index contributed by atoms with van der Waals surface area (Å²) in [6, 6.07) is 0. The lowest BCUT2D eigenvalue weighted by molar-refractivity contribution is -0.144. The van der Waals surface area contributed by atoms with E-state index in [4.69, 9.17) is 10.5 Å². The van der Waals surface area contributed by atoms with Gasteiger partial charge in [0.25, 0.3) is 0 Å². The molecule has 0 aliphatic carbocycles. The highest BCUT2D eigenvalue weighted by Crippen LogP contribution is 2.33. The van der Waals surface area contributed by atoms with Gasteiger partial charge in [0.05, 0.1) is 6.33 Å². The number of carbonyl (C=O) groups excluding carboxylic acids is 1. The number of aromatic nitrogens is 4. The minimum atomic E-state index is -1.47. The first-order chi connectivity index (χ1) is 13.5. The summed E-state index contributed by atoms with van der Waals surface area (Å²) < 4.78 is 7.01. The molecule has 2 aromatic heterocycles. The molecule has 1 unspecified atom stereocenters. The summed E-state index contributed by atoms with van der Waals surface area (Å²) in [6.07, 6.45) is 1.32. The lowest BCUT2D eigenvalue weighted by Gasteiger charge is -2.17. The van der Waals surface area contributed by atoms with Gasteiger partial charge in [-0.2, -0.15) is 0 Å². The molecular weight excluding hydrogens is 366 g/mol. The van der Waals surface area contributed by atoms with Gasteiger partial charge in [0.2, 0.25) is 0 Å². The van der Waals surface area contributed by atoms with Gasteiger partial charge in [-0.05, 0) is 6.42 Å². The molecule has 3 heterocycles. The van der Waals surface area contributed by atoms with Crippen molar-refractivity contribution in [1.29, 1.82) is 0 Å². The first kappa shape index (κ1) is 20.6. The molecule has 2 aromatic rings. The van der Waals surface area contributed by atoms with Gasteiger partial charge in [0.15, 0.2) is 23.5 Å². The van der Waals surface area contributed by atoms with Crippen LogP contribution in [-0.2, 0) is 9.53 Å². The SMILES string of the molecule is CCCCCCCC(O)C(=O)[C@H]1O[C@@H](n2cnc3c(N)ncnc32)[C@@H](O)[C@@H]1O. The Labute approximate surface area is 162 Å². The van der Waals surface area contributed by atoms with Crippen LogP contribution in [0.3, 0.4) is 0 Å². The summed E-state index contributed by atoms with van der Waals surface area (Å²) in [5.74, 6) is -0.467. The van der Waals surface area contributed by atoms with E-state index in [1.165, 1.54) is 17.2 Å². The molecule has 0 amide bonds. The molecule has 28 heavy (non-hydrogen) atoms. The van der Waals surface area contributed by atoms with E-state index in [1.807, 2.05) is 0 Å². The van der Waals surface area contributed by atoms with Crippen LogP contribution in [0.5, 0.6) is 0 Å². The molecule has 10 nitrogen and oxygen atoms in total. The third-order valence-corrected chi connectivity index (χ3v) is 5.09. The Hall–Kier alpha value is -2.14. The topological polar surface area (TPSA) is 157 Å². The van der Waals surface area contributed by atoms with Crippen LogP contribution >= 0.6 is 0 Å². The number of nitrogens with two attached hydrogens (primary N) is 1. The maximum absolute atomic E-state index is 12.5. The van der Waals surface area contributed by atoms with Crippen molar-refractivity contribution in [3.8, 4) is 0 Å². The monoisotopic (exact) mass is 393 g/mol. The number of imidazole rings is 1. The number of anilines is 1. The smallest absolute Gasteiger partial charge is 0.192 e. The van der Waals surface area contributed by atoms with Gasteiger partial charge in [-0.1, -0.05) is 39.0 Å². The summed E-state index contributed by atoms with van der Waals surface area (Å²) in [5, 5.41) is 30.9. The molecule has 3 rings (SSSR count). The van der Waals surface area contributed by atoms with E-state index in [9.17, 15) is 20.1 Å². The Morgan fingerprint density at radius 2 is 1.96 bits per heavy atom. The number of aliphatic hydroxyl groups is 3. The Morgan fingerprint density at radius 1 is 1.21 bits per heavy atom. The van der Waals surface area contributed by atoms with Crippen molar-refractivity contribution in [1.82, 2.24) is 19.5 Å². The number of unbranched alkanes of at least 4 members (excludes halogenated alkanes) is 4. The van der Waals surface area contributed by atoms with E-state index < -0.39 is 36.4 Å². The molecule has 0 saturated carbocycles. The standard InChI is InChI=1S/C18H27N5O5/c1-2-3-4-5-6-7-10(24)12(25)15-13(26)14(27)18(28-15)23-9-22-11-16(19)20-8-21-17(11)23/h8-10,13-15,18,24,26-27H,2-7H2,1H3,(H2,19,20,21)/t10?,13-,14-,15+,18+/m0/s1. The minimum Gasteiger partial charge on any atom is -0.387 e. The van der Waals surface area contributed by atoms with Gasteiger partial charge in [-0.3, -0.25) is 9.36 Å². The molecule has 0 bridgehead atoms. The van der Waals surface area contributed by atoms with Gasteiger partial charge >= 0.3 is 0 Å². The zero-order valence-corrected chi connectivity index (χ0v) is 15.8. The Bertz CT molecular complexity index is 813. The summed E-state index contributed by atoms with van der Waals surface area (Å²) in [4.78, 5) is 24.6. The third-order valence-electron chi connectivity index (χ3n) is 5.09. The van der Waals surface area contributed by atoms with Crippen molar-refractivity contribution in [3.05, 3.63) is 12.7 Å². The lowest BCUT2D eigenvalue weighted by atomic mass is 9.99. The van der Waals surface area contributed by atoms with Crippen molar-refractivity contribution in [2.75, 3.05) is 5.73 Å². The fraction of sp³-hybridized carbons (Fsp3) is 0.667. The normalized spacial score (nSPS) is 26.0. The first-order valence-corrected chi connectivity index (χ1v) is 9.62. The van der Waals surface area contributed by atoms with E-state index in [1.54, 1.807) is 0 Å². The number of hydrogen-bond donors (Lipinski definition) is 4. The van der Waals surface area contributed by atoms with Crippen LogP contribution in [0.25, 0.3) is 11.2 Å². The number of carbonyl (C=O) groups is 1. The lowest BCUT2D eigenvalue weighted by Crippen LogP contribution is -2.41. The van der Waals surface area contributed by atoms with Crippen LogP contribution in [0.4, 0.5) is 5.82 Å². The molecule has 154 valence electrons. The molecular formula is C18H27N5O5. The van der Waals surface area contributed by atoms with Crippen LogP contribution in [0.1, 0.15) is 51.7 Å². The van der Waals surface area contributed by atoms with Crippen LogP contribution in [0.2, 0.25) is 0 Å². The van der Waals surface area contributed by atoms with E-state index in [0.29, 0.717) is 24.0 Å². The van der Waals surface area contributed by atoms with Crippen LogP contribution in [0.15, 0.2) is 12.7 Å². The van der Waals surface area contributed by atoms with Gasteiger partial charge in [0.1, 0.15) is 36.3 Å². The van der Waals surface area contributed by atoms with Gasteiger partial charge in [-0.15, -0.1) is 0 Å². The first-order valence-electron chi connectivity index (χ1n) is 9.62. The van der Waals surface area contributed by atoms with Gasteiger partial charge < -0.3 is 25.8 Å². The number of fused-ring (bicyclic) bond motifs is 1. The number of aliphatic hydroxyl groups excluding tert-OH is 3. The number of nitrogens with zero attached hydrogens (tertiary/aromatic N) is 4. The molecule has 5 N–H and O–H groups in total. The van der Waals surface area contributed by atoms with Crippen molar-refractivity contribution in [2.45, 2.75) is 76.1 Å². The van der Waals surface area contributed by atoms with Gasteiger partial charge in [-0.25, -0.2) is 15.0 Å². The average Bonchev–Trinajstić information content (AvgIpc) is 3.23. The molecule has 1 aliphatic heterocycles. The highest BCUT2D eigenvalue weighted by atomic mass is 16.6. The van der Waals surface area contributed by atoms with Crippen LogP contribution < -0.4 is 5.73 Å². The van der Waals surface area contributed by atoms with Crippen molar-refractivity contribution >= 4 is 22.8 Å². The molecule has 0 aromatic carbocycles. The number of hydrogen-bond acceptors (Lipinski definition) is 9. The number of ketones is 1. The molecule has 5 atom stereocenters. The second-order valence-corrected chi connectivity index (χ2v) is 7.13. The Morgan fingerprint density at radius 3 is 2.71 bits per heavy atom. The summed E-state index contributed by atoms with van der Waals surface area (Å²) in [7, 11) is 0. The molecule has 1 aliphatic rings. The van der Waals surface area contributed by atoms with E-state index in [-0.39, 0.29) is 5.82 Å². The van der Waals surface area contributed by atoms with Crippen LogP contribution in [0, 0.1) is 0 Å².